The number of nitrogens with one attached hydrogen (secondary N) is 1. The van der Waals surface area contributed by atoms with E-state index in [0.717, 1.165) is 16.8 Å². The number of aliphatic hydroxyl groups excluding tert-OH is 1. The standard InChI is InChI=1S/C16H14FNO2/c1-9-4-12(7-13(17)5-9)16(20)10-2-3-14-11(6-10)8-15(19)18-14/h2-7,16,20H,8H2,1H3,(H,18,19). The van der Waals surface area contributed by atoms with Gasteiger partial charge in [-0.05, 0) is 47.4 Å². The van der Waals surface area contributed by atoms with E-state index >= 15 is 0 Å². The third kappa shape index (κ3) is 2.30. The van der Waals surface area contributed by atoms with Gasteiger partial charge in [-0.25, -0.2) is 4.39 Å². The van der Waals surface area contributed by atoms with E-state index in [1.165, 1.54) is 12.1 Å². The SMILES string of the molecule is Cc1cc(F)cc(C(O)c2ccc3c(c2)CC(=O)N3)c1. The van der Waals surface area contributed by atoms with E-state index < -0.39 is 6.10 Å². The number of fused-ring (bicyclic) bond motifs is 1. The van der Waals surface area contributed by atoms with Gasteiger partial charge >= 0.3 is 0 Å². The van der Waals surface area contributed by atoms with E-state index in [0.29, 0.717) is 17.5 Å². The van der Waals surface area contributed by atoms with Crippen LogP contribution in [0.5, 0.6) is 0 Å². The lowest BCUT2D eigenvalue weighted by molar-refractivity contribution is -0.115. The molecule has 0 radical (unpaired) electrons. The Morgan fingerprint density at radius 1 is 1.20 bits per heavy atom. The Morgan fingerprint density at radius 2 is 2.00 bits per heavy atom. The number of carbonyl (C=O) groups excluding carboxylic acids is 1. The molecule has 0 fully saturated rings. The van der Waals surface area contributed by atoms with Crippen LogP contribution in [0.3, 0.4) is 0 Å². The van der Waals surface area contributed by atoms with Gasteiger partial charge in [0.2, 0.25) is 5.91 Å². The first-order valence-corrected chi connectivity index (χ1v) is 6.41. The molecule has 2 N–H and O–H groups in total. The summed E-state index contributed by atoms with van der Waals surface area (Å²) < 4.78 is 13.4. The van der Waals surface area contributed by atoms with Crippen molar-refractivity contribution in [2.24, 2.45) is 0 Å². The number of aliphatic hydroxyl groups is 1. The first kappa shape index (κ1) is 12.8. The van der Waals surface area contributed by atoms with Crippen LogP contribution in [0.15, 0.2) is 36.4 Å². The quantitative estimate of drug-likeness (QED) is 0.882. The smallest absolute Gasteiger partial charge is 0.228 e. The van der Waals surface area contributed by atoms with Crippen LogP contribution in [0, 0.1) is 12.7 Å². The number of halogens is 1. The number of carbonyl (C=O) groups is 1. The van der Waals surface area contributed by atoms with Crippen molar-refractivity contribution >= 4 is 11.6 Å². The van der Waals surface area contributed by atoms with E-state index in [4.69, 9.17) is 0 Å². The molecular weight excluding hydrogens is 257 g/mol. The Labute approximate surface area is 116 Å². The molecule has 2 aromatic carbocycles. The molecule has 1 atom stereocenters. The minimum Gasteiger partial charge on any atom is -0.384 e. The Balaban J connectivity index is 1.97. The minimum absolute atomic E-state index is 0.0479. The van der Waals surface area contributed by atoms with Gasteiger partial charge in [-0.3, -0.25) is 4.79 Å². The summed E-state index contributed by atoms with van der Waals surface area (Å²) in [5, 5.41) is 13.1. The van der Waals surface area contributed by atoms with Crippen LogP contribution < -0.4 is 5.32 Å². The average Bonchev–Trinajstić information content (AvgIpc) is 2.75. The van der Waals surface area contributed by atoms with Crippen LogP contribution in [0.1, 0.15) is 28.4 Å². The zero-order valence-electron chi connectivity index (χ0n) is 11.0. The largest absolute Gasteiger partial charge is 0.384 e. The van der Waals surface area contributed by atoms with Crippen LogP contribution in [0.4, 0.5) is 10.1 Å². The van der Waals surface area contributed by atoms with Crippen LogP contribution in [-0.2, 0) is 11.2 Å². The topological polar surface area (TPSA) is 49.3 Å². The van der Waals surface area contributed by atoms with Gasteiger partial charge < -0.3 is 10.4 Å². The van der Waals surface area contributed by atoms with E-state index in [-0.39, 0.29) is 11.7 Å². The fraction of sp³-hybridized carbons (Fsp3) is 0.188. The molecule has 1 aliphatic rings. The minimum atomic E-state index is -0.898. The maximum absolute atomic E-state index is 13.4. The fourth-order valence-corrected chi connectivity index (χ4v) is 2.53. The summed E-state index contributed by atoms with van der Waals surface area (Å²) in [7, 11) is 0. The van der Waals surface area contributed by atoms with Gasteiger partial charge in [-0.2, -0.15) is 0 Å². The van der Waals surface area contributed by atoms with Gasteiger partial charge in [-0.1, -0.05) is 18.2 Å². The summed E-state index contributed by atoms with van der Waals surface area (Å²) in [6, 6.07) is 9.80. The van der Waals surface area contributed by atoms with Crippen molar-refractivity contribution in [3.05, 3.63) is 64.5 Å². The lowest BCUT2D eigenvalue weighted by atomic mass is 9.97. The molecule has 20 heavy (non-hydrogen) atoms. The molecule has 1 heterocycles. The molecule has 0 bridgehead atoms. The lowest BCUT2D eigenvalue weighted by Crippen LogP contribution is -2.03. The molecule has 2 aromatic rings. The first-order valence-electron chi connectivity index (χ1n) is 6.41. The molecule has 1 unspecified atom stereocenters. The molecule has 1 aliphatic heterocycles. The highest BCUT2D eigenvalue weighted by atomic mass is 19.1. The van der Waals surface area contributed by atoms with Crippen molar-refractivity contribution < 1.29 is 14.3 Å². The van der Waals surface area contributed by atoms with Crippen molar-refractivity contribution in [3.63, 3.8) is 0 Å². The van der Waals surface area contributed by atoms with Gasteiger partial charge in [0.15, 0.2) is 0 Å². The number of benzene rings is 2. The van der Waals surface area contributed by atoms with Crippen LogP contribution in [0.2, 0.25) is 0 Å². The molecule has 0 aliphatic carbocycles. The maximum Gasteiger partial charge on any atom is 0.228 e. The van der Waals surface area contributed by atoms with Gasteiger partial charge in [0, 0.05) is 5.69 Å². The number of hydrogen-bond donors (Lipinski definition) is 2. The first-order chi connectivity index (χ1) is 9.52. The molecular formula is C16H14FNO2. The molecule has 0 saturated carbocycles. The maximum atomic E-state index is 13.4. The number of hydrogen-bond acceptors (Lipinski definition) is 2. The second-order valence-electron chi connectivity index (χ2n) is 5.11. The summed E-state index contributed by atoms with van der Waals surface area (Å²) in [5.74, 6) is -0.412. The van der Waals surface area contributed by atoms with Crippen molar-refractivity contribution in [1.29, 1.82) is 0 Å². The van der Waals surface area contributed by atoms with Crippen molar-refractivity contribution in [3.8, 4) is 0 Å². The fourth-order valence-electron chi connectivity index (χ4n) is 2.53. The summed E-state index contributed by atoms with van der Waals surface area (Å²) >= 11 is 0. The van der Waals surface area contributed by atoms with Gasteiger partial charge in [0.1, 0.15) is 11.9 Å². The van der Waals surface area contributed by atoms with Gasteiger partial charge in [0.25, 0.3) is 0 Å². The summed E-state index contributed by atoms with van der Waals surface area (Å²) in [6.07, 6.45) is -0.580. The molecule has 0 aromatic heterocycles. The predicted octanol–water partition coefficient (Wildman–Crippen LogP) is 2.71. The van der Waals surface area contributed by atoms with Gasteiger partial charge in [0.05, 0.1) is 6.42 Å². The number of rotatable bonds is 2. The molecule has 3 rings (SSSR count). The predicted molar refractivity (Wildman–Crippen MR) is 74.0 cm³/mol. The van der Waals surface area contributed by atoms with Crippen molar-refractivity contribution in [1.82, 2.24) is 0 Å². The second-order valence-corrected chi connectivity index (χ2v) is 5.11. The van der Waals surface area contributed by atoms with E-state index in [2.05, 4.69) is 5.32 Å². The molecule has 102 valence electrons. The number of anilines is 1. The number of amides is 1. The van der Waals surface area contributed by atoms with E-state index in [1.54, 1.807) is 31.2 Å². The van der Waals surface area contributed by atoms with Crippen molar-refractivity contribution in [2.45, 2.75) is 19.4 Å². The van der Waals surface area contributed by atoms with Crippen LogP contribution >= 0.6 is 0 Å². The summed E-state index contributed by atoms with van der Waals surface area (Å²) in [4.78, 5) is 11.3. The zero-order valence-corrected chi connectivity index (χ0v) is 11.0. The Bertz CT molecular complexity index is 677. The Morgan fingerprint density at radius 3 is 2.75 bits per heavy atom. The molecule has 0 saturated heterocycles. The normalized spacial score (nSPS) is 14.8. The second kappa shape index (κ2) is 4.72. The average molecular weight is 271 g/mol. The molecule has 1 amide bonds. The highest BCUT2D eigenvalue weighted by Crippen LogP contribution is 2.29. The third-order valence-electron chi connectivity index (χ3n) is 3.45. The summed E-state index contributed by atoms with van der Waals surface area (Å²) in [5.41, 5.74) is 3.57. The zero-order chi connectivity index (χ0) is 14.3. The summed E-state index contributed by atoms with van der Waals surface area (Å²) in [6.45, 7) is 1.78. The highest BCUT2D eigenvalue weighted by Gasteiger charge is 2.20. The number of aryl methyl sites for hydroxylation is 1. The van der Waals surface area contributed by atoms with E-state index in [9.17, 15) is 14.3 Å². The Kier molecular flexibility index (Phi) is 3.03. The molecule has 3 nitrogen and oxygen atoms in total. The molecule has 0 spiro atoms. The molecule has 4 heteroatoms. The van der Waals surface area contributed by atoms with Gasteiger partial charge in [-0.15, -0.1) is 0 Å². The third-order valence-corrected chi connectivity index (χ3v) is 3.45. The van der Waals surface area contributed by atoms with E-state index in [1.807, 2.05) is 0 Å². The van der Waals surface area contributed by atoms with Crippen molar-refractivity contribution in [2.75, 3.05) is 5.32 Å². The van der Waals surface area contributed by atoms with Crippen LogP contribution in [0.25, 0.3) is 0 Å². The Hall–Kier alpha value is -2.20. The highest BCUT2D eigenvalue weighted by molar-refractivity contribution is 5.99. The monoisotopic (exact) mass is 271 g/mol. The lowest BCUT2D eigenvalue weighted by Gasteiger charge is -2.13. The van der Waals surface area contributed by atoms with Crippen LogP contribution in [-0.4, -0.2) is 11.0 Å².